The van der Waals surface area contributed by atoms with Crippen molar-refractivity contribution in [1.82, 2.24) is 4.31 Å². The highest BCUT2D eigenvalue weighted by Gasteiger charge is 2.40. The maximum atomic E-state index is 12.7. The van der Waals surface area contributed by atoms with Crippen LogP contribution in [0.3, 0.4) is 0 Å². The predicted octanol–water partition coefficient (Wildman–Crippen LogP) is 1.09. The number of methoxy groups -OCH3 is 1. The van der Waals surface area contributed by atoms with Crippen molar-refractivity contribution in [3.05, 3.63) is 24.3 Å². The number of rotatable bonds is 4. The van der Waals surface area contributed by atoms with E-state index in [4.69, 9.17) is 4.74 Å². The van der Waals surface area contributed by atoms with Gasteiger partial charge in [-0.25, -0.2) is 8.42 Å². The van der Waals surface area contributed by atoms with Crippen molar-refractivity contribution in [1.29, 1.82) is 0 Å². The summed E-state index contributed by atoms with van der Waals surface area (Å²) in [4.78, 5) is 0.157. The molecule has 1 heterocycles. The molecular formula is C13H19NO4S. The summed E-state index contributed by atoms with van der Waals surface area (Å²) in [5.74, 6) is 0.494. The average Bonchev–Trinajstić information content (AvgIpc) is 2.80. The highest BCUT2D eigenvalue weighted by atomic mass is 32.2. The number of benzene rings is 1. The van der Waals surface area contributed by atoms with Gasteiger partial charge >= 0.3 is 0 Å². The molecule has 1 aliphatic rings. The second-order valence-corrected chi connectivity index (χ2v) is 6.64. The maximum Gasteiger partial charge on any atom is 0.247 e. The monoisotopic (exact) mass is 285 g/mol. The van der Waals surface area contributed by atoms with Crippen molar-refractivity contribution in [3.63, 3.8) is 0 Å². The second kappa shape index (κ2) is 5.48. The maximum absolute atomic E-state index is 12.7. The van der Waals surface area contributed by atoms with Crippen molar-refractivity contribution >= 4 is 10.0 Å². The first-order valence-electron chi connectivity index (χ1n) is 6.28. The van der Waals surface area contributed by atoms with Crippen LogP contribution in [0, 0.1) is 5.92 Å². The first-order chi connectivity index (χ1) is 9.02. The Morgan fingerprint density at radius 3 is 2.74 bits per heavy atom. The molecule has 2 rings (SSSR count). The molecule has 0 bridgehead atoms. The van der Waals surface area contributed by atoms with Crippen LogP contribution in [0.25, 0.3) is 0 Å². The number of hydrogen-bond acceptors (Lipinski definition) is 4. The fourth-order valence-corrected chi connectivity index (χ4v) is 4.39. The van der Waals surface area contributed by atoms with Crippen molar-refractivity contribution in [2.24, 2.45) is 5.92 Å². The molecule has 2 unspecified atom stereocenters. The molecule has 0 aromatic heterocycles. The van der Waals surface area contributed by atoms with Crippen LogP contribution in [-0.4, -0.2) is 44.1 Å². The van der Waals surface area contributed by atoms with Gasteiger partial charge in [0.15, 0.2) is 0 Å². The molecule has 106 valence electrons. The standard InChI is InChI=1S/C13H19NO4S/c1-10-7-8-14(11(10)9-15)19(16,17)13-6-4-3-5-12(13)18-2/h3-6,10-11,15H,7-9H2,1-2H3. The van der Waals surface area contributed by atoms with Gasteiger partial charge in [-0.2, -0.15) is 4.31 Å². The zero-order valence-electron chi connectivity index (χ0n) is 11.1. The number of nitrogens with zero attached hydrogens (tertiary/aromatic N) is 1. The summed E-state index contributed by atoms with van der Waals surface area (Å²) in [5.41, 5.74) is 0. The summed E-state index contributed by atoms with van der Waals surface area (Å²) >= 11 is 0. The van der Waals surface area contributed by atoms with Crippen LogP contribution in [0.4, 0.5) is 0 Å². The molecule has 19 heavy (non-hydrogen) atoms. The molecule has 0 saturated carbocycles. The number of aliphatic hydroxyl groups is 1. The Hall–Kier alpha value is -1.11. The molecule has 2 atom stereocenters. The Kier molecular flexibility index (Phi) is 4.13. The van der Waals surface area contributed by atoms with Gasteiger partial charge in [-0.1, -0.05) is 19.1 Å². The van der Waals surface area contributed by atoms with Gasteiger partial charge in [0, 0.05) is 6.54 Å². The van der Waals surface area contributed by atoms with Crippen molar-refractivity contribution in [3.8, 4) is 5.75 Å². The topological polar surface area (TPSA) is 66.8 Å². The smallest absolute Gasteiger partial charge is 0.247 e. The van der Waals surface area contributed by atoms with Gasteiger partial charge in [-0.3, -0.25) is 0 Å². The Labute approximate surface area is 113 Å². The number of ether oxygens (including phenoxy) is 1. The number of aliphatic hydroxyl groups excluding tert-OH is 1. The first-order valence-corrected chi connectivity index (χ1v) is 7.72. The molecule has 6 heteroatoms. The minimum Gasteiger partial charge on any atom is -0.495 e. The van der Waals surface area contributed by atoms with Crippen LogP contribution < -0.4 is 4.74 Å². The minimum atomic E-state index is -3.63. The van der Waals surface area contributed by atoms with Gasteiger partial charge < -0.3 is 9.84 Å². The van der Waals surface area contributed by atoms with E-state index in [1.54, 1.807) is 18.2 Å². The second-order valence-electron chi connectivity index (χ2n) is 4.78. The van der Waals surface area contributed by atoms with Crippen LogP contribution in [0.1, 0.15) is 13.3 Å². The van der Waals surface area contributed by atoms with Gasteiger partial charge in [0.2, 0.25) is 10.0 Å². The lowest BCUT2D eigenvalue weighted by Crippen LogP contribution is -2.39. The molecule has 1 fully saturated rings. The molecule has 0 spiro atoms. The summed E-state index contributed by atoms with van der Waals surface area (Å²) in [6, 6.07) is 6.21. The van der Waals surface area contributed by atoms with Crippen LogP contribution in [0.2, 0.25) is 0 Å². The fraction of sp³-hybridized carbons (Fsp3) is 0.538. The Morgan fingerprint density at radius 2 is 2.11 bits per heavy atom. The average molecular weight is 285 g/mol. The van der Waals surface area contributed by atoms with Gasteiger partial charge in [-0.15, -0.1) is 0 Å². The molecule has 1 saturated heterocycles. The summed E-state index contributed by atoms with van der Waals surface area (Å²) in [5, 5.41) is 9.41. The SMILES string of the molecule is COc1ccccc1S(=O)(=O)N1CCC(C)C1CO. The summed E-state index contributed by atoms with van der Waals surface area (Å²) < 4.78 is 31.8. The summed E-state index contributed by atoms with van der Waals surface area (Å²) in [7, 11) is -2.18. The normalized spacial score (nSPS) is 24.6. The molecule has 0 radical (unpaired) electrons. The van der Waals surface area contributed by atoms with E-state index in [2.05, 4.69) is 0 Å². The Balaban J connectivity index is 2.43. The van der Waals surface area contributed by atoms with Gasteiger partial charge in [0.25, 0.3) is 0 Å². The van der Waals surface area contributed by atoms with Crippen molar-refractivity contribution in [2.75, 3.05) is 20.3 Å². The largest absolute Gasteiger partial charge is 0.495 e. The zero-order chi connectivity index (χ0) is 14.0. The molecule has 1 aliphatic heterocycles. The highest BCUT2D eigenvalue weighted by Crippen LogP contribution is 2.33. The third-order valence-corrected chi connectivity index (χ3v) is 5.64. The van der Waals surface area contributed by atoms with Gasteiger partial charge in [-0.05, 0) is 24.5 Å². The lowest BCUT2D eigenvalue weighted by atomic mass is 10.0. The van der Waals surface area contributed by atoms with E-state index in [0.29, 0.717) is 12.3 Å². The van der Waals surface area contributed by atoms with E-state index in [1.165, 1.54) is 17.5 Å². The van der Waals surface area contributed by atoms with Gasteiger partial charge in [0.05, 0.1) is 19.8 Å². The van der Waals surface area contributed by atoms with E-state index in [0.717, 1.165) is 6.42 Å². The van der Waals surface area contributed by atoms with E-state index >= 15 is 0 Å². The first kappa shape index (κ1) is 14.3. The molecular weight excluding hydrogens is 266 g/mol. The summed E-state index contributed by atoms with van der Waals surface area (Å²) in [6.45, 7) is 2.24. The zero-order valence-corrected chi connectivity index (χ0v) is 11.9. The van der Waals surface area contributed by atoms with Crippen molar-refractivity contribution in [2.45, 2.75) is 24.3 Å². The fourth-order valence-electron chi connectivity index (χ4n) is 2.50. The molecule has 1 N–H and O–H groups in total. The van der Waals surface area contributed by atoms with E-state index in [-0.39, 0.29) is 23.5 Å². The minimum absolute atomic E-state index is 0.157. The molecule has 1 aromatic carbocycles. The predicted molar refractivity (Wildman–Crippen MR) is 71.5 cm³/mol. The van der Waals surface area contributed by atoms with Crippen LogP contribution in [-0.2, 0) is 10.0 Å². The lowest BCUT2D eigenvalue weighted by molar-refractivity contribution is 0.191. The lowest BCUT2D eigenvalue weighted by Gasteiger charge is -2.25. The number of para-hydroxylation sites is 1. The van der Waals surface area contributed by atoms with Crippen molar-refractivity contribution < 1.29 is 18.3 Å². The third kappa shape index (κ3) is 2.48. The third-order valence-electron chi connectivity index (χ3n) is 3.67. The van der Waals surface area contributed by atoms with E-state index < -0.39 is 10.0 Å². The quantitative estimate of drug-likeness (QED) is 0.899. The van der Waals surface area contributed by atoms with E-state index in [1.807, 2.05) is 6.92 Å². The van der Waals surface area contributed by atoms with Crippen LogP contribution in [0.5, 0.6) is 5.75 Å². The van der Waals surface area contributed by atoms with Crippen LogP contribution in [0.15, 0.2) is 29.2 Å². The molecule has 1 aromatic rings. The van der Waals surface area contributed by atoms with Crippen LogP contribution >= 0.6 is 0 Å². The Morgan fingerprint density at radius 1 is 1.42 bits per heavy atom. The number of hydrogen-bond donors (Lipinski definition) is 1. The Bertz CT molecular complexity index is 543. The van der Waals surface area contributed by atoms with Gasteiger partial charge in [0.1, 0.15) is 10.6 Å². The molecule has 0 amide bonds. The molecule has 0 aliphatic carbocycles. The highest BCUT2D eigenvalue weighted by molar-refractivity contribution is 7.89. The molecule has 5 nitrogen and oxygen atoms in total. The van der Waals surface area contributed by atoms with E-state index in [9.17, 15) is 13.5 Å². The number of sulfonamides is 1. The summed E-state index contributed by atoms with van der Waals surface area (Å²) in [6.07, 6.45) is 0.763.